The fourth-order valence-corrected chi connectivity index (χ4v) is 1.27. The van der Waals surface area contributed by atoms with Gasteiger partial charge in [0.2, 0.25) is 0 Å². The topological polar surface area (TPSA) is 51.2 Å². The molecular formula is C6H12O3S. The molecule has 0 saturated heterocycles. The van der Waals surface area contributed by atoms with Crippen LogP contribution in [0.25, 0.3) is 0 Å². The smallest absolute Gasteiger partial charge is 0.147 e. The molecule has 0 rings (SSSR count). The van der Waals surface area contributed by atoms with E-state index in [9.17, 15) is 13.2 Å². The molecule has 0 N–H and O–H groups in total. The first-order chi connectivity index (χ1) is 4.45. The lowest BCUT2D eigenvalue weighted by atomic mass is 10.1. The molecule has 4 heteroatoms. The van der Waals surface area contributed by atoms with Crippen LogP contribution in [0.15, 0.2) is 0 Å². The lowest BCUT2D eigenvalue weighted by Crippen LogP contribution is -2.07. The first kappa shape index (κ1) is 9.62. The molecule has 1 atom stereocenters. The van der Waals surface area contributed by atoms with Crippen molar-refractivity contribution in [2.24, 2.45) is 5.92 Å². The van der Waals surface area contributed by atoms with E-state index in [4.69, 9.17) is 0 Å². The van der Waals surface area contributed by atoms with Crippen molar-refractivity contribution in [2.45, 2.75) is 13.3 Å². The molecule has 0 aliphatic carbocycles. The van der Waals surface area contributed by atoms with E-state index in [2.05, 4.69) is 0 Å². The first-order valence-electron chi connectivity index (χ1n) is 3.08. The molecule has 0 bridgehead atoms. The molecule has 0 amide bonds. The van der Waals surface area contributed by atoms with Crippen molar-refractivity contribution in [1.29, 1.82) is 0 Å². The summed E-state index contributed by atoms with van der Waals surface area (Å²) in [6, 6.07) is 0. The zero-order chi connectivity index (χ0) is 8.20. The average molecular weight is 164 g/mol. The van der Waals surface area contributed by atoms with Crippen LogP contribution in [0.3, 0.4) is 0 Å². The molecule has 0 spiro atoms. The number of sulfone groups is 1. The highest BCUT2D eigenvalue weighted by molar-refractivity contribution is 7.90. The monoisotopic (exact) mass is 164 g/mol. The van der Waals surface area contributed by atoms with Gasteiger partial charge in [0.05, 0.1) is 5.75 Å². The Hall–Kier alpha value is -0.380. The minimum absolute atomic E-state index is 0.104. The van der Waals surface area contributed by atoms with Gasteiger partial charge in [-0.05, 0) is 6.42 Å². The minimum Gasteiger partial charge on any atom is -0.303 e. The Balaban J connectivity index is 3.66. The Labute approximate surface area is 61.4 Å². The van der Waals surface area contributed by atoms with Crippen LogP contribution >= 0.6 is 0 Å². The van der Waals surface area contributed by atoms with Crippen molar-refractivity contribution < 1.29 is 13.2 Å². The van der Waals surface area contributed by atoms with Gasteiger partial charge in [-0.2, -0.15) is 0 Å². The zero-order valence-electron chi connectivity index (χ0n) is 6.20. The van der Waals surface area contributed by atoms with E-state index in [1.165, 1.54) is 6.26 Å². The van der Waals surface area contributed by atoms with Crippen molar-refractivity contribution in [3.8, 4) is 0 Å². The van der Waals surface area contributed by atoms with Crippen LogP contribution in [0, 0.1) is 5.92 Å². The molecule has 0 aromatic heterocycles. The normalized spacial score (nSPS) is 14.6. The van der Waals surface area contributed by atoms with Gasteiger partial charge in [-0.1, -0.05) is 6.92 Å². The summed E-state index contributed by atoms with van der Waals surface area (Å²) in [4.78, 5) is 10.0. The number of aldehydes is 1. The third-order valence-corrected chi connectivity index (χ3v) is 2.15. The third kappa shape index (κ3) is 5.75. The SMILES string of the molecule is CC(C=O)CCS(C)(=O)=O. The van der Waals surface area contributed by atoms with E-state index in [-0.39, 0.29) is 11.7 Å². The zero-order valence-corrected chi connectivity index (χ0v) is 7.02. The van der Waals surface area contributed by atoms with Crippen LogP contribution in [-0.4, -0.2) is 26.7 Å². The van der Waals surface area contributed by atoms with Gasteiger partial charge in [0, 0.05) is 12.2 Å². The molecule has 1 unspecified atom stereocenters. The molecule has 60 valence electrons. The van der Waals surface area contributed by atoms with Gasteiger partial charge in [0.15, 0.2) is 0 Å². The summed E-state index contributed by atoms with van der Waals surface area (Å²) < 4.78 is 21.1. The second-order valence-electron chi connectivity index (χ2n) is 2.53. The lowest BCUT2D eigenvalue weighted by Gasteiger charge is -1.99. The maximum atomic E-state index is 10.5. The highest BCUT2D eigenvalue weighted by atomic mass is 32.2. The minimum atomic E-state index is -2.89. The largest absolute Gasteiger partial charge is 0.303 e. The molecule has 0 aliphatic rings. The van der Waals surface area contributed by atoms with Crippen LogP contribution in [0.4, 0.5) is 0 Å². The first-order valence-corrected chi connectivity index (χ1v) is 5.15. The average Bonchev–Trinajstić information content (AvgIpc) is 1.81. The van der Waals surface area contributed by atoms with E-state index in [1.807, 2.05) is 0 Å². The van der Waals surface area contributed by atoms with Crippen LogP contribution < -0.4 is 0 Å². The van der Waals surface area contributed by atoms with E-state index in [1.54, 1.807) is 6.92 Å². The molecule has 0 heterocycles. The highest BCUT2D eigenvalue weighted by Crippen LogP contribution is 1.99. The van der Waals surface area contributed by atoms with Gasteiger partial charge in [-0.25, -0.2) is 8.42 Å². The fraction of sp³-hybridized carbons (Fsp3) is 0.833. The summed E-state index contributed by atoms with van der Waals surface area (Å²) in [6.45, 7) is 1.71. The highest BCUT2D eigenvalue weighted by Gasteiger charge is 2.05. The molecule has 0 saturated carbocycles. The fourth-order valence-electron chi connectivity index (χ4n) is 0.468. The van der Waals surface area contributed by atoms with Gasteiger partial charge in [-0.3, -0.25) is 0 Å². The van der Waals surface area contributed by atoms with Crippen LogP contribution in [0.2, 0.25) is 0 Å². The Bertz CT molecular complexity index is 193. The van der Waals surface area contributed by atoms with Crippen molar-refractivity contribution in [3.63, 3.8) is 0 Å². The maximum Gasteiger partial charge on any atom is 0.147 e. The van der Waals surface area contributed by atoms with Crippen molar-refractivity contribution in [2.75, 3.05) is 12.0 Å². The number of rotatable bonds is 4. The van der Waals surface area contributed by atoms with E-state index >= 15 is 0 Å². The second kappa shape index (κ2) is 3.71. The molecule has 0 aromatic rings. The summed E-state index contributed by atoms with van der Waals surface area (Å²) in [5.74, 6) is -0.0397. The summed E-state index contributed by atoms with van der Waals surface area (Å²) in [6.07, 6.45) is 2.37. The van der Waals surface area contributed by atoms with Gasteiger partial charge in [-0.15, -0.1) is 0 Å². The van der Waals surface area contributed by atoms with Gasteiger partial charge >= 0.3 is 0 Å². The van der Waals surface area contributed by atoms with Gasteiger partial charge in [0.1, 0.15) is 16.1 Å². The van der Waals surface area contributed by atoms with Crippen molar-refractivity contribution in [1.82, 2.24) is 0 Å². The van der Waals surface area contributed by atoms with Gasteiger partial charge < -0.3 is 4.79 Å². The van der Waals surface area contributed by atoms with Crippen LogP contribution in [0.1, 0.15) is 13.3 Å². The maximum absolute atomic E-state index is 10.5. The van der Waals surface area contributed by atoms with Gasteiger partial charge in [0.25, 0.3) is 0 Å². The number of hydrogen-bond donors (Lipinski definition) is 0. The number of carbonyl (C=O) groups excluding carboxylic acids is 1. The summed E-state index contributed by atoms with van der Waals surface area (Å²) in [5, 5.41) is 0. The summed E-state index contributed by atoms with van der Waals surface area (Å²) in [7, 11) is -2.89. The van der Waals surface area contributed by atoms with Crippen molar-refractivity contribution in [3.05, 3.63) is 0 Å². The number of carbonyl (C=O) groups is 1. The van der Waals surface area contributed by atoms with Crippen LogP contribution in [0.5, 0.6) is 0 Å². The Morgan fingerprint density at radius 2 is 2.00 bits per heavy atom. The lowest BCUT2D eigenvalue weighted by molar-refractivity contribution is -0.110. The standard InChI is InChI=1S/C6H12O3S/c1-6(5-7)3-4-10(2,8)9/h5-6H,3-4H2,1-2H3. The predicted molar refractivity (Wildman–Crippen MR) is 39.6 cm³/mol. The Morgan fingerprint density at radius 1 is 1.50 bits per heavy atom. The third-order valence-electron chi connectivity index (χ3n) is 1.18. The van der Waals surface area contributed by atoms with E-state index < -0.39 is 9.84 Å². The summed E-state index contributed by atoms with van der Waals surface area (Å²) >= 11 is 0. The van der Waals surface area contributed by atoms with Crippen LogP contribution in [-0.2, 0) is 14.6 Å². The molecule has 0 aliphatic heterocycles. The predicted octanol–water partition coefficient (Wildman–Crippen LogP) is 0.256. The molecule has 0 radical (unpaired) electrons. The quantitative estimate of drug-likeness (QED) is 0.560. The van der Waals surface area contributed by atoms with E-state index in [0.29, 0.717) is 6.42 Å². The second-order valence-corrected chi connectivity index (χ2v) is 4.79. The Kier molecular flexibility index (Phi) is 3.57. The molecule has 0 aromatic carbocycles. The van der Waals surface area contributed by atoms with E-state index in [0.717, 1.165) is 6.29 Å². The molecular weight excluding hydrogens is 152 g/mol. The molecule has 0 fully saturated rings. The Morgan fingerprint density at radius 3 is 2.30 bits per heavy atom. The number of hydrogen-bond acceptors (Lipinski definition) is 3. The van der Waals surface area contributed by atoms with Crippen molar-refractivity contribution >= 4 is 16.1 Å². The summed E-state index contributed by atoms with van der Waals surface area (Å²) in [5.41, 5.74) is 0. The molecule has 10 heavy (non-hydrogen) atoms. The molecule has 3 nitrogen and oxygen atoms in total.